The first kappa shape index (κ1) is 46.4. The quantitative estimate of drug-likeness (QED) is 0.0455. The second-order valence-corrected chi connectivity index (χ2v) is 14.0. The molecule has 0 aliphatic heterocycles. The van der Waals surface area contributed by atoms with Gasteiger partial charge in [-0.1, -0.05) is 184 Å². The van der Waals surface area contributed by atoms with Gasteiger partial charge >= 0.3 is 0 Å². The van der Waals surface area contributed by atoms with E-state index in [-0.39, 0.29) is 12.5 Å². The monoisotopic (exact) mass is 672 g/mol. The molecule has 0 saturated carbocycles. The van der Waals surface area contributed by atoms with Crippen LogP contribution < -0.4 is 5.32 Å². The number of amides is 1. The van der Waals surface area contributed by atoms with Gasteiger partial charge in [0.15, 0.2) is 0 Å². The number of allylic oxidation sites excluding steroid dienone is 7. The average molecular weight is 672 g/mol. The molecule has 4 nitrogen and oxygen atoms in total. The molecule has 0 radical (unpaired) electrons. The van der Waals surface area contributed by atoms with E-state index in [2.05, 4.69) is 55.6 Å². The summed E-state index contributed by atoms with van der Waals surface area (Å²) >= 11 is 0. The first-order valence-electron chi connectivity index (χ1n) is 20.9. The summed E-state index contributed by atoms with van der Waals surface area (Å²) in [5.74, 6) is -0.0828. The van der Waals surface area contributed by atoms with Gasteiger partial charge in [0.1, 0.15) is 0 Å². The van der Waals surface area contributed by atoms with Gasteiger partial charge in [-0.2, -0.15) is 0 Å². The van der Waals surface area contributed by atoms with Crippen molar-refractivity contribution in [3.05, 3.63) is 48.6 Å². The summed E-state index contributed by atoms with van der Waals surface area (Å²) in [6.07, 6.45) is 53.7. The molecule has 2 unspecified atom stereocenters. The topological polar surface area (TPSA) is 69.6 Å². The second kappa shape index (κ2) is 39.8. The predicted octanol–water partition coefficient (Wildman–Crippen LogP) is 12.8. The number of carbonyl (C=O) groups is 1. The van der Waals surface area contributed by atoms with Crippen molar-refractivity contribution >= 4 is 5.91 Å². The van der Waals surface area contributed by atoms with Crippen molar-refractivity contribution in [3.8, 4) is 0 Å². The lowest BCUT2D eigenvalue weighted by Gasteiger charge is -2.19. The third-order valence-electron chi connectivity index (χ3n) is 9.24. The number of carbonyl (C=O) groups excluding carboxylic acids is 1. The van der Waals surface area contributed by atoms with E-state index >= 15 is 0 Å². The molecule has 0 rings (SSSR count). The van der Waals surface area contributed by atoms with Gasteiger partial charge in [0.2, 0.25) is 5.91 Å². The van der Waals surface area contributed by atoms with Gasteiger partial charge in [0.25, 0.3) is 0 Å². The Hall–Kier alpha value is -1.65. The fourth-order valence-corrected chi connectivity index (χ4v) is 6.03. The van der Waals surface area contributed by atoms with E-state index in [1.807, 2.05) is 6.08 Å². The van der Waals surface area contributed by atoms with E-state index < -0.39 is 12.1 Å². The highest BCUT2D eigenvalue weighted by molar-refractivity contribution is 5.76. The molecule has 0 fully saturated rings. The molecule has 0 spiro atoms. The molecular weight excluding hydrogens is 590 g/mol. The number of nitrogens with one attached hydrogen (secondary N) is 1. The molecular formula is C44H81NO3. The van der Waals surface area contributed by atoms with Crippen LogP contribution in [0.2, 0.25) is 0 Å². The van der Waals surface area contributed by atoms with E-state index in [4.69, 9.17) is 0 Å². The molecule has 0 aliphatic carbocycles. The third-order valence-corrected chi connectivity index (χ3v) is 9.24. The summed E-state index contributed by atoms with van der Waals surface area (Å²) in [4.78, 5) is 12.3. The van der Waals surface area contributed by atoms with Crippen LogP contribution in [0.5, 0.6) is 0 Å². The predicted molar refractivity (Wildman–Crippen MR) is 211 cm³/mol. The molecule has 0 aromatic heterocycles. The zero-order valence-electron chi connectivity index (χ0n) is 32.0. The van der Waals surface area contributed by atoms with Crippen LogP contribution in [0.4, 0.5) is 0 Å². The standard InChI is InChI=1S/C44H81NO3/c1-3-5-7-9-11-13-15-16-17-18-19-20-21-22-23-24-25-26-27-28-30-32-34-36-38-40-44(48)45-42(41-46)43(47)39-37-35-33-31-29-14-12-10-8-6-4-2/h8,10,22-23,29,31,37,39,42-43,46-47H,3-7,9,11-21,24-28,30,32-36,38,40-41H2,1-2H3,(H,45,48)/b10-8+,23-22-,31-29+,39-37+. The Labute approximate surface area is 299 Å². The number of aliphatic hydroxyl groups is 2. The lowest BCUT2D eigenvalue weighted by Crippen LogP contribution is -2.45. The highest BCUT2D eigenvalue weighted by atomic mass is 16.3. The first-order valence-corrected chi connectivity index (χ1v) is 20.9. The number of unbranched alkanes of at least 4 members (excludes halogenated alkanes) is 24. The Bertz CT molecular complexity index is 771. The fraction of sp³-hybridized carbons (Fsp3) is 0.795. The van der Waals surface area contributed by atoms with Crippen LogP contribution >= 0.6 is 0 Å². The van der Waals surface area contributed by atoms with E-state index in [0.29, 0.717) is 6.42 Å². The smallest absolute Gasteiger partial charge is 0.220 e. The van der Waals surface area contributed by atoms with Gasteiger partial charge in [-0.25, -0.2) is 0 Å². The molecule has 0 saturated heterocycles. The SMILES string of the molecule is CCC/C=C/CC/C=C/CC/C=C/C(O)C(CO)NC(=O)CCCCCCCCCCC/C=C\CCCCCCCCCCCCCC. The Morgan fingerprint density at radius 1 is 0.479 bits per heavy atom. The molecule has 3 N–H and O–H groups in total. The van der Waals surface area contributed by atoms with Gasteiger partial charge in [-0.3, -0.25) is 4.79 Å². The minimum absolute atomic E-state index is 0.0828. The summed E-state index contributed by atoms with van der Waals surface area (Å²) in [6, 6.07) is -0.645. The van der Waals surface area contributed by atoms with E-state index in [9.17, 15) is 15.0 Å². The van der Waals surface area contributed by atoms with Crippen LogP contribution in [0, 0.1) is 0 Å². The third kappa shape index (κ3) is 35.7. The number of hydrogen-bond acceptors (Lipinski definition) is 3. The Balaban J connectivity index is 3.55. The van der Waals surface area contributed by atoms with Gasteiger partial charge in [-0.15, -0.1) is 0 Å². The maximum Gasteiger partial charge on any atom is 0.220 e. The number of aliphatic hydroxyl groups excluding tert-OH is 2. The van der Waals surface area contributed by atoms with Crippen LogP contribution in [0.15, 0.2) is 48.6 Å². The Kier molecular flexibility index (Phi) is 38.4. The molecule has 0 bridgehead atoms. The summed E-state index contributed by atoms with van der Waals surface area (Å²) in [7, 11) is 0. The lowest BCUT2D eigenvalue weighted by molar-refractivity contribution is -0.123. The summed E-state index contributed by atoms with van der Waals surface area (Å²) in [6.45, 7) is 4.21. The number of hydrogen-bond donors (Lipinski definition) is 3. The molecule has 280 valence electrons. The van der Waals surface area contributed by atoms with Crippen molar-refractivity contribution in [2.45, 2.75) is 219 Å². The van der Waals surface area contributed by atoms with Crippen LogP contribution in [0.3, 0.4) is 0 Å². The zero-order valence-corrected chi connectivity index (χ0v) is 32.0. The molecule has 1 amide bonds. The maximum atomic E-state index is 12.3. The molecule has 0 heterocycles. The molecule has 48 heavy (non-hydrogen) atoms. The van der Waals surface area contributed by atoms with Crippen LogP contribution in [-0.4, -0.2) is 34.9 Å². The second-order valence-electron chi connectivity index (χ2n) is 14.0. The Morgan fingerprint density at radius 2 is 0.854 bits per heavy atom. The Morgan fingerprint density at radius 3 is 1.29 bits per heavy atom. The van der Waals surface area contributed by atoms with Crippen molar-refractivity contribution in [2.24, 2.45) is 0 Å². The molecule has 2 atom stereocenters. The fourth-order valence-electron chi connectivity index (χ4n) is 6.03. The van der Waals surface area contributed by atoms with Crippen molar-refractivity contribution in [3.63, 3.8) is 0 Å². The van der Waals surface area contributed by atoms with Gasteiger partial charge in [-0.05, 0) is 64.2 Å². The van der Waals surface area contributed by atoms with Crippen molar-refractivity contribution in [1.29, 1.82) is 0 Å². The minimum atomic E-state index is -0.869. The zero-order chi connectivity index (χ0) is 35.0. The van der Waals surface area contributed by atoms with Gasteiger partial charge in [0, 0.05) is 6.42 Å². The highest BCUT2D eigenvalue weighted by Crippen LogP contribution is 2.14. The van der Waals surface area contributed by atoms with Crippen molar-refractivity contribution in [2.75, 3.05) is 6.61 Å². The first-order chi connectivity index (χ1) is 23.7. The number of rotatable bonds is 37. The van der Waals surface area contributed by atoms with Crippen LogP contribution in [-0.2, 0) is 4.79 Å². The highest BCUT2D eigenvalue weighted by Gasteiger charge is 2.17. The summed E-state index contributed by atoms with van der Waals surface area (Å²) in [5, 5.41) is 22.8. The molecule has 0 aromatic rings. The van der Waals surface area contributed by atoms with E-state index in [0.717, 1.165) is 44.9 Å². The van der Waals surface area contributed by atoms with Crippen molar-refractivity contribution in [1.82, 2.24) is 5.32 Å². The molecule has 4 heteroatoms. The van der Waals surface area contributed by atoms with E-state index in [1.165, 1.54) is 141 Å². The van der Waals surface area contributed by atoms with Gasteiger partial charge in [0.05, 0.1) is 18.8 Å². The molecule has 0 aliphatic rings. The van der Waals surface area contributed by atoms with E-state index in [1.54, 1.807) is 6.08 Å². The largest absolute Gasteiger partial charge is 0.394 e. The summed E-state index contributed by atoms with van der Waals surface area (Å²) < 4.78 is 0. The lowest BCUT2D eigenvalue weighted by atomic mass is 10.0. The average Bonchev–Trinajstić information content (AvgIpc) is 3.09. The van der Waals surface area contributed by atoms with Gasteiger partial charge < -0.3 is 15.5 Å². The maximum absolute atomic E-state index is 12.3. The summed E-state index contributed by atoms with van der Waals surface area (Å²) in [5.41, 5.74) is 0. The normalized spacial score (nSPS) is 13.5. The van der Waals surface area contributed by atoms with Crippen LogP contribution in [0.1, 0.15) is 206 Å². The minimum Gasteiger partial charge on any atom is -0.394 e. The van der Waals surface area contributed by atoms with Crippen molar-refractivity contribution < 1.29 is 15.0 Å². The van der Waals surface area contributed by atoms with Crippen LogP contribution in [0.25, 0.3) is 0 Å². The molecule has 0 aromatic carbocycles.